The molecule has 2 nitrogen and oxygen atoms in total. The lowest BCUT2D eigenvalue weighted by atomic mass is 9.92. The van der Waals surface area contributed by atoms with Gasteiger partial charge in [0, 0.05) is 21.9 Å². The second-order valence-corrected chi connectivity index (χ2v) is 6.31. The number of fused-ring (bicyclic) bond motifs is 3. The molecule has 2 heteroatoms. The summed E-state index contributed by atoms with van der Waals surface area (Å²) >= 11 is 0. The van der Waals surface area contributed by atoms with Crippen molar-refractivity contribution in [3.63, 3.8) is 0 Å². The second kappa shape index (κ2) is 6.51. The van der Waals surface area contributed by atoms with E-state index in [1.54, 1.807) is 0 Å². The van der Waals surface area contributed by atoms with Gasteiger partial charge in [-0.25, -0.2) is 0 Å². The van der Waals surface area contributed by atoms with Gasteiger partial charge in [-0.3, -0.25) is 0 Å². The van der Waals surface area contributed by atoms with Crippen LogP contribution in [0.3, 0.4) is 0 Å². The average molecular weight is 336 g/mol. The fourth-order valence-corrected chi connectivity index (χ4v) is 3.68. The molecular formula is C24H20N2. The molecule has 0 amide bonds. The van der Waals surface area contributed by atoms with Crippen LogP contribution >= 0.6 is 0 Å². The van der Waals surface area contributed by atoms with Crippen molar-refractivity contribution in [2.75, 3.05) is 0 Å². The van der Waals surface area contributed by atoms with Crippen molar-refractivity contribution in [2.45, 2.75) is 0 Å². The summed E-state index contributed by atoms with van der Waals surface area (Å²) in [6.45, 7) is 0. The first-order valence-corrected chi connectivity index (χ1v) is 8.56. The zero-order valence-electron chi connectivity index (χ0n) is 14.4. The van der Waals surface area contributed by atoms with Crippen molar-refractivity contribution in [3.05, 3.63) is 97.1 Å². The summed E-state index contributed by atoms with van der Waals surface area (Å²) in [7, 11) is 0. The maximum absolute atomic E-state index is 3.66. The number of aromatic amines is 1. The number of hydrogen-bond donors (Lipinski definition) is 2. The van der Waals surface area contributed by atoms with E-state index in [0.717, 1.165) is 0 Å². The molecule has 0 bridgehead atoms. The first-order chi connectivity index (χ1) is 12.4. The smallest absolute Gasteiger partial charge is 0.0550 e. The minimum Gasteiger partial charge on any atom is -0.354 e. The highest BCUT2D eigenvalue weighted by Gasteiger charge is 2.14. The molecule has 1 heterocycles. The summed E-state index contributed by atoms with van der Waals surface area (Å²) in [4.78, 5) is 3.66. The Morgan fingerprint density at radius 3 is 1.85 bits per heavy atom. The highest BCUT2D eigenvalue weighted by atomic mass is 14.7. The molecular weight excluding hydrogens is 316 g/mol. The molecule has 26 heavy (non-hydrogen) atoms. The van der Waals surface area contributed by atoms with Crippen LogP contribution in [-0.4, -0.2) is 4.98 Å². The van der Waals surface area contributed by atoms with E-state index in [1.807, 2.05) is 0 Å². The molecule has 0 spiro atoms. The van der Waals surface area contributed by atoms with Gasteiger partial charge in [0.1, 0.15) is 0 Å². The van der Waals surface area contributed by atoms with E-state index in [2.05, 4.69) is 102 Å². The van der Waals surface area contributed by atoms with E-state index < -0.39 is 0 Å². The van der Waals surface area contributed by atoms with Gasteiger partial charge in [0.15, 0.2) is 0 Å². The van der Waals surface area contributed by atoms with Gasteiger partial charge >= 0.3 is 0 Å². The van der Waals surface area contributed by atoms with Gasteiger partial charge in [0.25, 0.3) is 0 Å². The van der Waals surface area contributed by atoms with Gasteiger partial charge < -0.3 is 11.1 Å². The average Bonchev–Trinajstić information content (AvgIpc) is 3.07. The molecule has 4 N–H and O–H groups in total. The molecule has 0 saturated heterocycles. The molecule has 0 radical (unpaired) electrons. The summed E-state index contributed by atoms with van der Waals surface area (Å²) in [6, 6.07) is 34.3. The van der Waals surface area contributed by atoms with Gasteiger partial charge in [-0.2, -0.15) is 0 Å². The van der Waals surface area contributed by atoms with Gasteiger partial charge in [-0.05, 0) is 22.8 Å². The quantitative estimate of drug-likeness (QED) is 0.365. The van der Waals surface area contributed by atoms with Gasteiger partial charge in [0.2, 0.25) is 0 Å². The molecule has 5 aromatic rings. The molecule has 0 aliphatic carbocycles. The van der Waals surface area contributed by atoms with Gasteiger partial charge in [-0.15, -0.1) is 0 Å². The summed E-state index contributed by atoms with van der Waals surface area (Å²) in [5, 5.41) is 2.54. The Morgan fingerprint density at radius 1 is 0.500 bits per heavy atom. The van der Waals surface area contributed by atoms with Crippen molar-refractivity contribution in [2.24, 2.45) is 0 Å². The van der Waals surface area contributed by atoms with Crippen molar-refractivity contribution in [1.82, 2.24) is 11.1 Å². The Hall–Kier alpha value is -3.36. The zero-order valence-corrected chi connectivity index (χ0v) is 14.4. The molecule has 0 unspecified atom stereocenters. The Kier molecular flexibility index (Phi) is 4.04. The molecule has 1 aromatic heterocycles. The maximum Gasteiger partial charge on any atom is 0.0550 e. The number of aromatic nitrogens is 1. The Labute approximate surface area is 152 Å². The van der Waals surface area contributed by atoms with Gasteiger partial charge in [-0.1, -0.05) is 91.0 Å². The second-order valence-electron chi connectivity index (χ2n) is 6.31. The predicted octanol–water partition coefficient (Wildman–Crippen LogP) is 6.82. The topological polar surface area (TPSA) is 50.8 Å². The molecule has 4 aromatic carbocycles. The largest absolute Gasteiger partial charge is 0.354 e. The lowest BCUT2D eigenvalue weighted by Gasteiger charge is -2.12. The number of H-pyrrole nitrogens is 1. The SMILES string of the molecule is N.c1ccc(-c2ccc3c([nH]c4ccccc43)c2-c2ccccc2)cc1. The number of hydrogen-bond acceptors (Lipinski definition) is 1. The fraction of sp³-hybridized carbons (Fsp3) is 0. The molecule has 0 aliphatic rings. The molecule has 0 aliphatic heterocycles. The Balaban J connectivity index is 0.00000168. The van der Waals surface area contributed by atoms with Crippen LogP contribution < -0.4 is 6.15 Å². The number of para-hydroxylation sites is 1. The first kappa shape index (κ1) is 16.1. The lowest BCUT2D eigenvalue weighted by Crippen LogP contribution is -1.87. The van der Waals surface area contributed by atoms with Crippen molar-refractivity contribution in [3.8, 4) is 22.3 Å². The highest BCUT2D eigenvalue weighted by Crippen LogP contribution is 2.40. The molecule has 0 saturated carbocycles. The van der Waals surface area contributed by atoms with Crippen molar-refractivity contribution >= 4 is 21.8 Å². The van der Waals surface area contributed by atoms with E-state index in [9.17, 15) is 0 Å². The van der Waals surface area contributed by atoms with Crippen molar-refractivity contribution < 1.29 is 0 Å². The normalized spacial score (nSPS) is 10.8. The number of benzene rings is 4. The fourth-order valence-electron chi connectivity index (χ4n) is 3.68. The monoisotopic (exact) mass is 336 g/mol. The summed E-state index contributed by atoms with van der Waals surface area (Å²) in [5.74, 6) is 0. The predicted molar refractivity (Wildman–Crippen MR) is 112 cm³/mol. The first-order valence-electron chi connectivity index (χ1n) is 8.56. The number of nitrogens with one attached hydrogen (secondary N) is 1. The molecule has 5 rings (SSSR count). The van der Waals surface area contributed by atoms with Gasteiger partial charge in [0.05, 0.1) is 5.52 Å². The number of rotatable bonds is 2. The summed E-state index contributed by atoms with van der Waals surface area (Å²) < 4.78 is 0. The third kappa shape index (κ3) is 2.48. The Morgan fingerprint density at radius 2 is 1.12 bits per heavy atom. The third-order valence-electron chi connectivity index (χ3n) is 4.83. The van der Waals surface area contributed by atoms with Crippen molar-refractivity contribution in [1.29, 1.82) is 0 Å². The van der Waals surface area contributed by atoms with E-state index in [0.29, 0.717) is 0 Å². The maximum atomic E-state index is 3.66. The van der Waals surface area contributed by atoms with Crippen LogP contribution in [-0.2, 0) is 0 Å². The minimum absolute atomic E-state index is 0. The Bertz CT molecular complexity index is 1170. The van der Waals surface area contributed by atoms with Crippen LogP contribution in [0.5, 0.6) is 0 Å². The minimum atomic E-state index is 0. The summed E-state index contributed by atoms with van der Waals surface area (Å²) in [6.07, 6.45) is 0. The molecule has 0 fully saturated rings. The van der Waals surface area contributed by atoms with Crippen LogP contribution in [0, 0.1) is 0 Å². The lowest BCUT2D eigenvalue weighted by molar-refractivity contribution is 1.53. The molecule has 0 atom stereocenters. The van der Waals surface area contributed by atoms with Crippen LogP contribution in [0.2, 0.25) is 0 Å². The van der Waals surface area contributed by atoms with E-state index in [4.69, 9.17) is 0 Å². The van der Waals surface area contributed by atoms with Crippen LogP contribution in [0.1, 0.15) is 0 Å². The standard InChI is InChI=1S/C24H17N.H3N/c1-3-9-17(10-4-1)19-15-16-21-20-13-7-8-14-22(20)25-24(21)23(19)18-11-5-2-6-12-18;/h1-16,25H;1H3. The third-order valence-corrected chi connectivity index (χ3v) is 4.83. The van der Waals surface area contributed by atoms with Crippen LogP contribution in [0.15, 0.2) is 97.1 Å². The van der Waals surface area contributed by atoms with E-state index in [1.165, 1.54) is 44.1 Å². The zero-order chi connectivity index (χ0) is 16.6. The van der Waals surface area contributed by atoms with Crippen LogP contribution in [0.25, 0.3) is 44.1 Å². The van der Waals surface area contributed by atoms with E-state index in [-0.39, 0.29) is 6.15 Å². The molecule has 126 valence electrons. The highest BCUT2D eigenvalue weighted by molar-refractivity contribution is 6.14. The van der Waals surface area contributed by atoms with Crippen LogP contribution in [0.4, 0.5) is 0 Å². The van der Waals surface area contributed by atoms with E-state index >= 15 is 0 Å². The summed E-state index contributed by atoms with van der Waals surface area (Å²) in [5.41, 5.74) is 7.38.